The fourth-order valence-corrected chi connectivity index (χ4v) is 22.4. The number of fused-ring (bicyclic) bond motifs is 21. The Labute approximate surface area is 849 Å². The summed E-state index contributed by atoms with van der Waals surface area (Å²) in [6, 6.07) is 177. The molecule has 702 valence electrons. The zero-order valence-corrected chi connectivity index (χ0v) is 80.6. The largest absolute Gasteiger partial charge is 0.456 e. The number of aromatic nitrogens is 5. The topological polar surface area (TPSA) is 73.9 Å². The molecule has 0 amide bonds. The van der Waals surface area contributed by atoms with Crippen molar-refractivity contribution < 1.29 is 17.6 Å². The summed E-state index contributed by atoms with van der Waals surface area (Å²) in [5, 5.41) is 27.9. The van der Waals surface area contributed by atoms with E-state index in [0.717, 1.165) is 118 Å². The van der Waals surface area contributed by atoms with Crippen LogP contribution in [0.1, 0.15) is 22.3 Å². The second kappa shape index (κ2) is 39.2. The number of nitrogens with one attached hydrogen (secondary N) is 3. The lowest BCUT2D eigenvalue weighted by Crippen LogP contribution is -1.95. The van der Waals surface area contributed by atoms with E-state index in [1.54, 1.807) is 24.3 Å². The van der Waals surface area contributed by atoms with Crippen LogP contribution >= 0.6 is 11.3 Å². The van der Waals surface area contributed by atoms with Crippen LogP contribution in [-0.2, 0) is 12.8 Å². The average Bonchev–Trinajstić information content (AvgIpc) is 1.61. The maximum Gasteiger partial charge on any atom is 0.137 e. The molecular weight excluding hydrogens is 1830 g/mol. The fourth-order valence-electron chi connectivity index (χ4n) is 21.3. The number of furan rings is 1. The Morgan fingerprint density at radius 1 is 0.184 bits per heavy atom. The molecule has 0 radical (unpaired) electrons. The maximum atomic E-state index is 13.9. The molecule has 0 atom stereocenters. The van der Waals surface area contributed by atoms with Crippen LogP contribution in [0.4, 0.5) is 47.3 Å². The molecule has 7 heterocycles. The molecule has 29 rings (SSSR count). The third-order valence-corrected chi connectivity index (χ3v) is 28.8. The zero-order chi connectivity index (χ0) is 98.2. The fraction of sp³-hybridized carbons (Fsp3) is 0.0149. The first-order valence-corrected chi connectivity index (χ1v) is 50.2. The van der Waals surface area contributed by atoms with Crippen molar-refractivity contribution in [3.63, 3.8) is 0 Å². The molecule has 29 aromatic rings. The Balaban J connectivity index is 0.0000000961. The molecule has 147 heavy (non-hydrogen) atoms. The highest BCUT2D eigenvalue weighted by molar-refractivity contribution is 7.26. The summed E-state index contributed by atoms with van der Waals surface area (Å²) in [5.41, 5.74) is 29.8. The van der Waals surface area contributed by atoms with E-state index in [-0.39, 0.29) is 17.5 Å². The van der Waals surface area contributed by atoms with Crippen molar-refractivity contribution in [2.75, 3.05) is 16.0 Å². The molecule has 0 saturated heterocycles. The monoisotopic (exact) mass is 1920 g/mol. The molecule has 0 aliphatic heterocycles. The number of rotatable bonds is 15. The van der Waals surface area contributed by atoms with Crippen LogP contribution in [0.2, 0.25) is 0 Å². The lowest BCUT2D eigenvalue weighted by molar-refractivity contribution is 0.626. The van der Waals surface area contributed by atoms with Gasteiger partial charge < -0.3 is 43.2 Å². The zero-order valence-electron chi connectivity index (χ0n) is 79.8. The quantitative estimate of drug-likeness (QED) is 0.0956. The van der Waals surface area contributed by atoms with Gasteiger partial charge in [0.25, 0.3) is 0 Å². The van der Waals surface area contributed by atoms with Gasteiger partial charge in [0.05, 0.1) is 66.2 Å². The second-order valence-corrected chi connectivity index (χ2v) is 37.9. The highest BCUT2D eigenvalue weighted by atomic mass is 32.1. The van der Waals surface area contributed by atoms with Crippen LogP contribution in [0.5, 0.6) is 0 Å². The Hall–Kier alpha value is -19.0. The van der Waals surface area contributed by atoms with E-state index in [1.165, 1.54) is 148 Å². The minimum Gasteiger partial charge on any atom is -0.456 e. The first kappa shape index (κ1) is 89.4. The smallest absolute Gasteiger partial charge is 0.137 e. The van der Waals surface area contributed by atoms with Gasteiger partial charge in [-0.15, -0.1) is 11.3 Å². The van der Waals surface area contributed by atoms with E-state index >= 15 is 0 Å². The van der Waals surface area contributed by atoms with Gasteiger partial charge in [-0.3, -0.25) is 0 Å². The van der Waals surface area contributed by atoms with Gasteiger partial charge in [0, 0.05) is 136 Å². The van der Waals surface area contributed by atoms with Gasteiger partial charge in [0.15, 0.2) is 0 Å². The summed E-state index contributed by atoms with van der Waals surface area (Å²) >= 11 is 1.82. The third kappa shape index (κ3) is 17.4. The van der Waals surface area contributed by atoms with E-state index < -0.39 is 0 Å². The highest BCUT2D eigenvalue weighted by Gasteiger charge is 2.23. The molecule has 0 spiro atoms. The summed E-state index contributed by atoms with van der Waals surface area (Å²) in [7, 11) is 0. The molecule has 0 bridgehead atoms. The number of para-hydroxylation sites is 10. The average molecular weight is 1920 g/mol. The normalized spacial score (nSPS) is 11.4. The van der Waals surface area contributed by atoms with Crippen molar-refractivity contribution in [2.24, 2.45) is 0 Å². The van der Waals surface area contributed by atoms with Crippen LogP contribution in [0, 0.1) is 17.5 Å². The number of anilines is 6. The minimum atomic E-state index is -0.230. The van der Waals surface area contributed by atoms with Gasteiger partial charge in [0.2, 0.25) is 0 Å². The summed E-state index contributed by atoms with van der Waals surface area (Å²) in [6.07, 6.45) is 1.59. The van der Waals surface area contributed by atoms with Crippen molar-refractivity contribution in [3.8, 4) is 28.4 Å². The number of hydrogen-bond acceptors (Lipinski definition) is 5. The Morgan fingerprint density at radius 2 is 0.537 bits per heavy atom. The lowest BCUT2D eigenvalue weighted by Gasteiger charge is -2.11. The molecule has 7 aromatic heterocycles. The summed E-state index contributed by atoms with van der Waals surface area (Å²) in [6.45, 7) is 0. The van der Waals surface area contributed by atoms with Crippen molar-refractivity contribution in [1.29, 1.82) is 0 Å². The molecule has 13 heteroatoms. The van der Waals surface area contributed by atoms with Crippen molar-refractivity contribution >= 4 is 197 Å². The van der Waals surface area contributed by atoms with Gasteiger partial charge >= 0.3 is 0 Å². The van der Waals surface area contributed by atoms with E-state index in [4.69, 9.17) is 4.42 Å². The molecule has 0 aliphatic rings. The van der Waals surface area contributed by atoms with Gasteiger partial charge in [-0.2, -0.15) is 0 Å². The number of nitrogens with zero attached hydrogens (tertiary/aromatic N) is 5. The molecule has 0 saturated carbocycles. The van der Waals surface area contributed by atoms with Gasteiger partial charge in [-0.25, -0.2) is 13.2 Å². The van der Waals surface area contributed by atoms with Crippen LogP contribution in [0.15, 0.2) is 526 Å². The Morgan fingerprint density at radius 3 is 1.12 bits per heavy atom. The van der Waals surface area contributed by atoms with Crippen LogP contribution in [0.3, 0.4) is 0 Å². The van der Waals surface area contributed by atoms with Crippen LogP contribution < -0.4 is 16.0 Å². The van der Waals surface area contributed by atoms with Crippen LogP contribution in [-0.4, -0.2) is 22.8 Å². The number of benzene rings is 22. The summed E-state index contributed by atoms with van der Waals surface area (Å²) in [5.74, 6) is -0.642. The predicted octanol–water partition coefficient (Wildman–Crippen LogP) is 37.0. The van der Waals surface area contributed by atoms with Gasteiger partial charge in [-0.1, -0.05) is 297 Å². The van der Waals surface area contributed by atoms with Gasteiger partial charge in [-0.05, 0) is 260 Å². The molecule has 22 aromatic carbocycles. The Kier molecular flexibility index (Phi) is 23.8. The number of halogens is 3. The molecule has 0 fully saturated rings. The first-order chi connectivity index (χ1) is 72.6. The first-order valence-electron chi connectivity index (χ1n) is 49.4. The maximum absolute atomic E-state index is 13.9. The molecule has 0 aliphatic carbocycles. The SMILES string of the molecule is Fc1ccc(-n2c3ccccc3c3cc(Nc4cccc5sc6ccccc6c45)ccc32)cc1.Fc1cccc(-n2c3ccccc3c3ccc(Cc4ccccc4)cc32)c1.Fc1cccc(Cc2ccc3c4ccccc4n(-c4ccccc4)c3c2)c1.c1ccc(-n2c3ccccc3c3ccc(Nc4cccc5oc6ccccc6c45)cc32)cc1.c1ccc(Nc2cccc3c2c2ccccc2n3-c2ccccc2)cc1. The highest BCUT2D eigenvalue weighted by Crippen LogP contribution is 2.46. The van der Waals surface area contributed by atoms with Crippen molar-refractivity contribution in [2.45, 2.75) is 12.8 Å². The third-order valence-electron chi connectivity index (χ3n) is 27.7. The lowest BCUT2D eigenvalue weighted by atomic mass is 10.0. The predicted molar refractivity (Wildman–Crippen MR) is 612 cm³/mol. The van der Waals surface area contributed by atoms with Gasteiger partial charge in [0.1, 0.15) is 28.6 Å². The molecular formula is C134H93F3N8OS. The molecule has 3 N–H and O–H groups in total. The van der Waals surface area contributed by atoms with Crippen molar-refractivity contribution in [1.82, 2.24) is 22.8 Å². The van der Waals surface area contributed by atoms with E-state index in [1.807, 2.05) is 90.2 Å². The minimum absolute atomic E-state index is 0.188. The number of thiophene rings is 1. The molecule has 9 nitrogen and oxygen atoms in total. The summed E-state index contributed by atoms with van der Waals surface area (Å²) < 4.78 is 61.0. The van der Waals surface area contributed by atoms with E-state index in [9.17, 15) is 13.2 Å². The summed E-state index contributed by atoms with van der Waals surface area (Å²) in [4.78, 5) is 0. The number of hydrogen-bond donors (Lipinski definition) is 3. The second-order valence-electron chi connectivity index (χ2n) is 36.9. The van der Waals surface area contributed by atoms with E-state index in [0.29, 0.717) is 6.42 Å². The standard InChI is InChI=1S/C30H19FN2S.C30H20N2O.2C25H18FN.C24H18N2/c31-19-12-15-21(16-13-19)33-26-9-3-1-6-22(26)24-18-20(14-17-27(24)33)32-25-8-5-11-29-30(25)23-7-2-4-10-28(23)34-29;1-2-9-21(10-3-1)32-26-14-6-4-11-22(26)23-18-17-20(19-27(23)32)31-25-13-8-16-29-30(25)24-12-5-7-15-28(24)33-29;26-20-8-6-7-18(16-20)15-19-13-14-23-22-11-4-5-12-24(22)27(25(23)17-19)21-9-2-1-3-10-21;26-20-9-6-10-21(17-20)27-24-12-5-4-11-22(24)23-14-13-19(16-25(23)27)15-18-7-2-1-3-8-18;1-3-10-18(11-4-1)25-21-15-9-17-23-24(21)20-14-7-8-16-22(20)26(23)19-12-5-2-6-13-19/h1-18,32H;1-19,31H;2*1-14,16-17H,15H2;1-17,25H. The van der Waals surface area contributed by atoms with Crippen molar-refractivity contribution in [3.05, 3.63) is 561 Å². The Bertz CT molecular complexity index is 9960. The molecule has 0 unspecified atom stereocenters. The van der Waals surface area contributed by atoms with Crippen LogP contribution in [0.25, 0.3) is 180 Å². The van der Waals surface area contributed by atoms with E-state index in [2.05, 4.69) is 433 Å².